The van der Waals surface area contributed by atoms with Gasteiger partial charge in [0.25, 0.3) is 0 Å². The molecule has 1 aromatic carbocycles. The summed E-state index contributed by atoms with van der Waals surface area (Å²) in [6.45, 7) is 0.721. The number of thioether (sulfide) groups is 1. The number of benzene rings is 1. The molecule has 126 valence electrons. The van der Waals surface area contributed by atoms with Crippen molar-refractivity contribution in [2.75, 3.05) is 5.75 Å². The summed E-state index contributed by atoms with van der Waals surface area (Å²) in [6, 6.07) is 16.4. The number of hydrogen-bond acceptors (Lipinski definition) is 5. The molecule has 0 aliphatic heterocycles. The van der Waals surface area contributed by atoms with E-state index < -0.39 is 0 Å². The Hall–Kier alpha value is -2.65. The van der Waals surface area contributed by atoms with Crippen molar-refractivity contribution in [3.63, 3.8) is 0 Å². The molecule has 0 aliphatic rings. The second kappa shape index (κ2) is 9.00. The molecule has 0 saturated heterocycles. The van der Waals surface area contributed by atoms with Crippen LogP contribution in [0, 0.1) is 11.3 Å². The third-order valence-electron chi connectivity index (χ3n) is 3.73. The predicted octanol–water partition coefficient (Wildman–Crippen LogP) is 4.17. The Morgan fingerprint density at radius 1 is 1.04 bits per heavy atom. The minimum Gasteiger partial charge on any atom is -0.298 e. The Bertz CT molecular complexity index is 824. The van der Waals surface area contributed by atoms with Gasteiger partial charge in [0.05, 0.1) is 12.6 Å². The van der Waals surface area contributed by atoms with Crippen molar-refractivity contribution in [3.8, 4) is 17.5 Å². The van der Waals surface area contributed by atoms with Crippen LogP contribution in [0.2, 0.25) is 0 Å². The van der Waals surface area contributed by atoms with Crippen molar-refractivity contribution >= 4 is 11.8 Å². The van der Waals surface area contributed by atoms with Gasteiger partial charge in [-0.1, -0.05) is 42.1 Å². The van der Waals surface area contributed by atoms with Gasteiger partial charge in [0, 0.05) is 30.1 Å². The van der Waals surface area contributed by atoms with Gasteiger partial charge < -0.3 is 0 Å². The van der Waals surface area contributed by atoms with Gasteiger partial charge in [-0.05, 0) is 30.5 Å². The van der Waals surface area contributed by atoms with Crippen LogP contribution in [0.25, 0.3) is 11.4 Å². The van der Waals surface area contributed by atoms with Crippen LogP contribution in [-0.4, -0.2) is 25.5 Å². The van der Waals surface area contributed by atoms with Crippen molar-refractivity contribution in [2.24, 2.45) is 0 Å². The lowest BCUT2D eigenvalue weighted by atomic mass is 10.2. The van der Waals surface area contributed by atoms with Crippen molar-refractivity contribution in [1.82, 2.24) is 19.7 Å². The maximum absolute atomic E-state index is 8.63. The third-order valence-corrected chi connectivity index (χ3v) is 4.79. The highest BCUT2D eigenvalue weighted by Crippen LogP contribution is 2.25. The van der Waals surface area contributed by atoms with Crippen molar-refractivity contribution in [3.05, 3.63) is 60.4 Å². The molecule has 0 spiro atoms. The number of unbranched alkanes of at least 4 members (excludes halogenated alkanes) is 2. The molecule has 25 heavy (non-hydrogen) atoms. The molecule has 3 aromatic rings. The minimum atomic E-state index is 0.609. The van der Waals surface area contributed by atoms with E-state index >= 15 is 0 Å². The molecule has 0 unspecified atom stereocenters. The smallest absolute Gasteiger partial charge is 0.191 e. The van der Waals surface area contributed by atoms with E-state index in [9.17, 15) is 0 Å². The average molecular weight is 349 g/mol. The van der Waals surface area contributed by atoms with E-state index in [0.29, 0.717) is 6.42 Å². The standard InChI is InChI=1S/C19H19N5S/c20-11-5-2-6-13-25-19-23-22-18(17-10-7-12-21-14-17)24(19)15-16-8-3-1-4-9-16/h1,3-4,7-10,12,14H,2,5-6,13,15H2. The number of hydrogen-bond donors (Lipinski definition) is 0. The first-order valence-electron chi connectivity index (χ1n) is 8.26. The maximum atomic E-state index is 8.63. The highest BCUT2D eigenvalue weighted by Gasteiger charge is 2.14. The topological polar surface area (TPSA) is 67.4 Å². The molecule has 2 aromatic heterocycles. The molecule has 5 nitrogen and oxygen atoms in total. The first kappa shape index (κ1) is 17.2. The van der Waals surface area contributed by atoms with Crippen LogP contribution < -0.4 is 0 Å². The lowest BCUT2D eigenvalue weighted by Gasteiger charge is -2.10. The molecule has 0 aliphatic carbocycles. The lowest BCUT2D eigenvalue weighted by Crippen LogP contribution is -2.04. The second-order valence-electron chi connectivity index (χ2n) is 5.58. The first-order chi connectivity index (χ1) is 12.4. The van der Waals surface area contributed by atoms with Crippen molar-refractivity contribution in [2.45, 2.75) is 31.0 Å². The fourth-order valence-electron chi connectivity index (χ4n) is 2.48. The molecule has 0 saturated carbocycles. The monoisotopic (exact) mass is 349 g/mol. The summed E-state index contributed by atoms with van der Waals surface area (Å²) in [4.78, 5) is 4.20. The van der Waals surface area contributed by atoms with E-state index in [1.54, 1.807) is 18.0 Å². The maximum Gasteiger partial charge on any atom is 0.191 e. The lowest BCUT2D eigenvalue weighted by molar-refractivity contribution is 0.713. The molecule has 0 fully saturated rings. The van der Waals surface area contributed by atoms with Gasteiger partial charge in [-0.15, -0.1) is 10.2 Å². The van der Waals surface area contributed by atoms with Crippen molar-refractivity contribution in [1.29, 1.82) is 5.26 Å². The zero-order valence-corrected chi connectivity index (χ0v) is 14.7. The van der Waals surface area contributed by atoms with Crippen LogP contribution in [0.15, 0.2) is 60.0 Å². The Kier molecular flexibility index (Phi) is 6.18. The summed E-state index contributed by atoms with van der Waals surface area (Å²) in [6.07, 6.45) is 6.10. The first-order valence-corrected chi connectivity index (χ1v) is 9.24. The van der Waals surface area contributed by atoms with Gasteiger partial charge in [-0.25, -0.2) is 0 Å². The Balaban J connectivity index is 1.82. The Labute approximate surface area is 151 Å². The van der Waals surface area contributed by atoms with Gasteiger partial charge in [-0.3, -0.25) is 9.55 Å². The minimum absolute atomic E-state index is 0.609. The SMILES string of the molecule is N#CCCCCSc1nnc(-c2cccnc2)n1Cc1ccccc1. The van der Waals surface area contributed by atoms with Gasteiger partial charge in [-0.2, -0.15) is 5.26 Å². The van der Waals surface area contributed by atoms with E-state index in [1.165, 1.54) is 5.56 Å². The molecule has 0 amide bonds. The summed E-state index contributed by atoms with van der Waals surface area (Å²) in [5.41, 5.74) is 2.17. The normalized spacial score (nSPS) is 10.5. The number of nitriles is 1. The quantitative estimate of drug-likeness (QED) is 0.451. The number of rotatable bonds is 8. The number of pyridine rings is 1. The predicted molar refractivity (Wildman–Crippen MR) is 99.0 cm³/mol. The Morgan fingerprint density at radius 3 is 2.68 bits per heavy atom. The molecule has 0 atom stereocenters. The van der Waals surface area contributed by atoms with Crippen LogP contribution >= 0.6 is 11.8 Å². The fraction of sp³-hybridized carbons (Fsp3) is 0.263. The molecule has 6 heteroatoms. The molecule has 3 rings (SSSR count). The number of nitrogens with zero attached hydrogens (tertiary/aromatic N) is 5. The highest BCUT2D eigenvalue weighted by molar-refractivity contribution is 7.99. The fourth-order valence-corrected chi connectivity index (χ4v) is 3.42. The van der Waals surface area contributed by atoms with Crippen LogP contribution in [0.5, 0.6) is 0 Å². The molecule has 0 radical (unpaired) electrons. The summed E-state index contributed by atoms with van der Waals surface area (Å²) in [5, 5.41) is 18.3. The van der Waals surface area contributed by atoms with E-state index in [0.717, 1.165) is 41.7 Å². The third kappa shape index (κ3) is 4.68. The Morgan fingerprint density at radius 2 is 1.92 bits per heavy atom. The summed E-state index contributed by atoms with van der Waals surface area (Å²) < 4.78 is 2.14. The van der Waals surface area contributed by atoms with E-state index in [-0.39, 0.29) is 0 Å². The zero-order valence-electron chi connectivity index (χ0n) is 13.9. The van der Waals surface area contributed by atoms with Crippen LogP contribution in [0.4, 0.5) is 0 Å². The molecular weight excluding hydrogens is 330 g/mol. The second-order valence-corrected chi connectivity index (χ2v) is 6.65. The van der Waals surface area contributed by atoms with Crippen molar-refractivity contribution < 1.29 is 0 Å². The van der Waals surface area contributed by atoms with Gasteiger partial charge >= 0.3 is 0 Å². The van der Waals surface area contributed by atoms with E-state index in [4.69, 9.17) is 5.26 Å². The zero-order chi connectivity index (χ0) is 17.3. The average Bonchev–Trinajstić information content (AvgIpc) is 3.06. The van der Waals surface area contributed by atoms with E-state index in [1.807, 2.05) is 36.5 Å². The van der Waals surface area contributed by atoms with E-state index in [2.05, 4.69) is 38.0 Å². The van der Waals surface area contributed by atoms with Gasteiger partial charge in [0.2, 0.25) is 0 Å². The molecular formula is C19H19N5S. The summed E-state index contributed by atoms with van der Waals surface area (Å²) >= 11 is 1.69. The van der Waals surface area contributed by atoms with Gasteiger partial charge in [0.15, 0.2) is 11.0 Å². The van der Waals surface area contributed by atoms with Crippen LogP contribution in [0.3, 0.4) is 0 Å². The van der Waals surface area contributed by atoms with Crippen LogP contribution in [-0.2, 0) is 6.54 Å². The molecule has 0 bridgehead atoms. The van der Waals surface area contributed by atoms with Gasteiger partial charge in [0.1, 0.15) is 0 Å². The molecule has 0 N–H and O–H groups in total. The van der Waals surface area contributed by atoms with Crippen LogP contribution in [0.1, 0.15) is 24.8 Å². The highest BCUT2D eigenvalue weighted by atomic mass is 32.2. The number of aromatic nitrogens is 4. The largest absolute Gasteiger partial charge is 0.298 e. The summed E-state index contributed by atoms with van der Waals surface area (Å²) in [7, 11) is 0. The summed E-state index contributed by atoms with van der Waals surface area (Å²) in [5.74, 6) is 1.76. The molecule has 2 heterocycles.